The van der Waals surface area contributed by atoms with Crippen LogP contribution in [0.1, 0.15) is 25.0 Å². The van der Waals surface area contributed by atoms with E-state index in [0.29, 0.717) is 0 Å². The first-order valence-corrected chi connectivity index (χ1v) is 7.58. The molecule has 0 aliphatic carbocycles. The zero-order chi connectivity index (χ0) is 14.5. The van der Waals surface area contributed by atoms with Crippen LogP contribution in [-0.4, -0.2) is 32.8 Å². The van der Waals surface area contributed by atoms with Crippen LogP contribution in [-0.2, 0) is 17.5 Å². The third-order valence-electron chi connectivity index (χ3n) is 2.89. The van der Waals surface area contributed by atoms with Crippen molar-refractivity contribution in [3.8, 4) is 0 Å². The summed E-state index contributed by atoms with van der Waals surface area (Å²) in [5.41, 5.74) is 2.14. The lowest BCUT2D eigenvalue weighted by Gasteiger charge is -2.27. The van der Waals surface area contributed by atoms with E-state index in [0.717, 1.165) is 6.42 Å². The Hall–Kier alpha value is -0.780. The van der Waals surface area contributed by atoms with E-state index in [4.69, 9.17) is 4.55 Å². The van der Waals surface area contributed by atoms with Gasteiger partial charge in [-0.25, -0.2) is 8.60 Å². The van der Waals surface area contributed by atoms with Crippen molar-refractivity contribution in [3.05, 3.63) is 35.4 Å². The summed E-state index contributed by atoms with van der Waals surface area (Å²) in [6.07, 6.45) is -0.523. The number of halogens is 1. The van der Waals surface area contributed by atoms with E-state index in [1.54, 1.807) is 0 Å². The average molecular weight is 287 g/mol. The van der Waals surface area contributed by atoms with Gasteiger partial charge in [-0.1, -0.05) is 29.8 Å². The highest BCUT2D eigenvalue weighted by atomic mass is 32.2. The van der Waals surface area contributed by atoms with Crippen molar-refractivity contribution in [1.29, 1.82) is 0 Å². The monoisotopic (exact) mass is 287 g/mol. The predicted molar refractivity (Wildman–Crippen MR) is 77.5 cm³/mol. The van der Waals surface area contributed by atoms with Crippen molar-refractivity contribution in [2.24, 2.45) is 0 Å². The molecule has 3 nitrogen and oxygen atoms in total. The van der Waals surface area contributed by atoms with Gasteiger partial charge in [-0.15, -0.1) is 0 Å². The van der Waals surface area contributed by atoms with Crippen molar-refractivity contribution in [2.45, 2.75) is 38.9 Å². The molecule has 0 radical (unpaired) electrons. The Kier molecular flexibility index (Phi) is 6.10. The largest absolute Gasteiger partial charge is 0.309 e. The van der Waals surface area contributed by atoms with Gasteiger partial charge in [0.1, 0.15) is 6.17 Å². The van der Waals surface area contributed by atoms with E-state index in [2.05, 4.69) is 29.6 Å². The smallest absolute Gasteiger partial charge is 0.155 e. The minimum Gasteiger partial charge on any atom is -0.309 e. The fourth-order valence-corrected chi connectivity index (χ4v) is 2.31. The predicted octanol–water partition coefficient (Wildman–Crippen LogP) is 2.47. The molecule has 1 aromatic rings. The Balaban J connectivity index is 2.47. The molecule has 19 heavy (non-hydrogen) atoms. The molecule has 0 aliphatic rings. The third kappa shape index (κ3) is 6.80. The average Bonchev–Trinajstić information content (AvgIpc) is 2.29. The summed E-state index contributed by atoms with van der Waals surface area (Å²) in [7, 11) is 0. The second-order valence-corrected chi connectivity index (χ2v) is 6.49. The topological polar surface area (TPSA) is 49.3 Å². The quantitative estimate of drug-likeness (QED) is 0.757. The summed E-state index contributed by atoms with van der Waals surface area (Å²) in [5.74, 6) is -0.340. The van der Waals surface area contributed by atoms with Crippen molar-refractivity contribution in [3.63, 3.8) is 0 Å². The lowest BCUT2D eigenvalue weighted by atomic mass is 9.94. The van der Waals surface area contributed by atoms with Crippen molar-refractivity contribution in [2.75, 3.05) is 12.3 Å². The van der Waals surface area contributed by atoms with Crippen LogP contribution >= 0.6 is 0 Å². The molecule has 1 unspecified atom stereocenters. The maximum atomic E-state index is 13.4. The maximum Gasteiger partial charge on any atom is 0.155 e. The summed E-state index contributed by atoms with van der Waals surface area (Å²) in [6, 6.07) is 8.24. The van der Waals surface area contributed by atoms with Gasteiger partial charge >= 0.3 is 0 Å². The molecule has 0 fully saturated rings. The summed E-state index contributed by atoms with van der Waals surface area (Å²) >= 11 is -2.08. The van der Waals surface area contributed by atoms with Gasteiger partial charge in [0.15, 0.2) is 11.1 Å². The van der Waals surface area contributed by atoms with Crippen molar-refractivity contribution >= 4 is 11.1 Å². The molecule has 0 amide bonds. The van der Waals surface area contributed by atoms with Gasteiger partial charge in [-0.05, 0) is 32.8 Å². The van der Waals surface area contributed by atoms with Crippen LogP contribution in [0.15, 0.2) is 24.3 Å². The van der Waals surface area contributed by atoms with E-state index >= 15 is 0 Å². The van der Waals surface area contributed by atoms with Gasteiger partial charge in [-0.2, -0.15) is 0 Å². The fourth-order valence-electron chi connectivity index (χ4n) is 1.88. The standard InChI is InChI=1S/C14H22FNO2S/c1-11-4-6-12(7-5-11)8-14(2,3)16-9-13(15)10-19(17)18/h4-7,13,16H,8-10H2,1-3H3,(H,17,18)/t13-/m1/s1. The van der Waals surface area contributed by atoms with E-state index in [-0.39, 0.29) is 17.8 Å². The Morgan fingerprint density at radius 3 is 2.47 bits per heavy atom. The van der Waals surface area contributed by atoms with E-state index < -0.39 is 17.3 Å². The van der Waals surface area contributed by atoms with Crippen molar-refractivity contribution in [1.82, 2.24) is 5.32 Å². The normalized spacial score (nSPS) is 15.2. The van der Waals surface area contributed by atoms with Crippen LogP contribution in [0.4, 0.5) is 4.39 Å². The Labute approximate surface area is 116 Å². The molecule has 108 valence electrons. The number of aryl methyl sites for hydroxylation is 1. The van der Waals surface area contributed by atoms with Gasteiger partial charge in [0, 0.05) is 12.1 Å². The van der Waals surface area contributed by atoms with Crippen LogP contribution in [0.3, 0.4) is 0 Å². The molecule has 5 heteroatoms. The first-order valence-electron chi connectivity index (χ1n) is 6.30. The SMILES string of the molecule is Cc1ccc(CC(C)(C)NC[C@@H](F)CS(=O)O)cc1. The number of rotatable bonds is 7. The molecule has 0 aromatic heterocycles. The number of benzene rings is 1. The van der Waals surface area contributed by atoms with Crippen molar-refractivity contribution < 1.29 is 13.2 Å². The highest BCUT2D eigenvalue weighted by molar-refractivity contribution is 7.79. The molecule has 1 aromatic carbocycles. The molecular formula is C14H22FNO2S. The van der Waals surface area contributed by atoms with E-state index in [9.17, 15) is 8.60 Å². The Morgan fingerprint density at radius 1 is 1.37 bits per heavy atom. The number of nitrogens with one attached hydrogen (secondary N) is 1. The zero-order valence-electron chi connectivity index (χ0n) is 11.6. The lowest BCUT2D eigenvalue weighted by Crippen LogP contribution is -2.45. The van der Waals surface area contributed by atoms with Gasteiger partial charge in [-0.3, -0.25) is 0 Å². The summed E-state index contributed by atoms with van der Waals surface area (Å²) < 4.78 is 32.5. The van der Waals surface area contributed by atoms with E-state index in [1.807, 2.05) is 20.8 Å². The van der Waals surface area contributed by atoms with Gasteiger partial charge < -0.3 is 9.87 Å². The van der Waals surface area contributed by atoms with Crippen LogP contribution in [0, 0.1) is 6.92 Å². The molecule has 0 heterocycles. The summed E-state index contributed by atoms with van der Waals surface area (Å²) in [6.45, 7) is 6.12. The first kappa shape index (κ1) is 16.3. The number of hydrogen-bond acceptors (Lipinski definition) is 2. The molecule has 1 rings (SSSR count). The Bertz CT molecular complexity index is 420. The van der Waals surface area contributed by atoms with Crippen LogP contribution < -0.4 is 5.32 Å². The van der Waals surface area contributed by atoms with Gasteiger partial charge in [0.25, 0.3) is 0 Å². The molecule has 0 saturated carbocycles. The summed E-state index contributed by atoms with van der Waals surface area (Å²) in [4.78, 5) is 0. The second-order valence-electron chi connectivity index (χ2n) is 5.51. The van der Waals surface area contributed by atoms with E-state index in [1.165, 1.54) is 11.1 Å². The number of alkyl halides is 1. The molecule has 2 atom stereocenters. The minimum atomic E-state index is -2.08. The molecule has 0 bridgehead atoms. The fraction of sp³-hybridized carbons (Fsp3) is 0.571. The number of hydrogen-bond donors (Lipinski definition) is 2. The molecule has 0 aliphatic heterocycles. The first-order chi connectivity index (χ1) is 8.78. The summed E-state index contributed by atoms with van der Waals surface area (Å²) in [5, 5.41) is 3.11. The zero-order valence-corrected chi connectivity index (χ0v) is 12.5. The minimum absolute atomic E-state index is 0.0885. The maximum absolute atomic E-state index is 13.4. The molecule has 2 N–H and O–H groups in total. The van der Waals surface area contributed by atoms with Gasteiger partial charge in [0.2, 0.25) is 0 Å². The second kappa shape index (κ2) is 7.12. The van der Waals surface area contributed by atoms with Crippen LogP contribution in [0.5, 0.6) is 0 Å². The third-order valence-corrected chi connectivity index (χ3v) is 3.54. The molecule has 0 spiro atoms. The highest BCUT2D eigenvalue weighted by Gasteiger charge is 2.20. The highest BCUT2D eigenvalue weighted by Crippen LogP contribution is 2.13. The lowest BCUT2D eigenvalue weighted by molar-refractivity contribution is 0.293. The molecular weight excluding hydrogens is 265 g/mol. The molecule has 0 saturated heterocycles. The van der Waals surface area contributed by atoms with Crippen LogP contribution in [0.25, 0.3) is 0 Å². The van der Waals surface area contributed by atoms with Gasteiger partial charge in [0.05, 0.1) is 5.75 Å². The van der Waals surface area contributed by atoms with Crippen LogP contribution in [0.2, 0.25) is 0 Å². The Morgan fingerprint density at radius 2 is 1.95 bits per heavy atom.